The number of rotatable bonds is 3. The van der Waals surface area contributed by atoms with E-state index in [0.29, 0.717) is 5.56 Å². The van der Waals surface area contributed by atoms with Gasteiger partial charge in [0.1, 0.15) is 18.5 Å². The van der Waals surface area contributed by atoms with Crippen molar-refractivity contribution in [1.29, 1.82) is 0 Å². The van der Waals surface area contributed by atoms with E-state index >= 15 is 0 Å². The van der Waals surface area contributed by atoms with Crippen molar-refractivity contribution in [2.45, 2.75) is 19.1 Å². The van der Waals surface area contributed by atoms with E-state index in [1.807, 2.05) is 13.0 Å². The Labute approximate surface area is 128 Å². The largest absolute Gasteiger partial charge is 0.508 e. The van der Waals surface area contributed by atoms with Gasteiger partial charge in [-0.1, -0.05) is 6.08 Å². The lowest BCUT2D eigenvalue weighted by Gasteiger charge is -2.31. The van der Waals surface area contributed by atoms with Gasteiger partial charge in [-0.2, -0.15) is 0 Å². The number of hydrogen-bond acceptors (Lipinski definition) is 5. The minimum Gasteiger partial charge on any atom is -0.508 e. The Balaban J connectivity index is 1.66. The minimum absolute atomic E-state index is 0.0209. The maximum Gasteiger partial charge on any atom is 0.338 e. The van der Waals surface area contributed by atoms with Crippen LogP contribution in [0.4, 0.5) is 0 Å². The summed E-state index contributed by atoms with van der Waals surface area (Å²) >= 11 is 0. The van der Waals surface area contributed by atoms with Crippen LogP contribution in [0.2, 0.25) is 0 Å². The quantitative estimate of drug-likeness (QED) is 0.660. The number of phenolic OH excluding ortho intramolecular Hbond substituents is 1. The van der Waals surface area contributed by atoms with Crippen LogP contribution in [0.25, 0.3) is 0 Å². The fraction of sp³-hybridized carbons (Fsp3) is 0.353. The Hall–Kier alpha value is -2.27. The molecule has 3 rings (SSSR count). The van der Waals surface area contributed by atoms with Crippen molar-refractivity contribution in [2.75, 3.05) is 6.61 Å². The minimum atomic E-state index is -0.574. The number of fused-ring (bicyclic) bond motifs is 1. The van der Waals surface area contributed by atoms with E-state index in [1.165, 1.54) is 24.3 Å². The van der Waals surface area contributed by atoms with Gasteiger partial charge in [-0.05, 0) is 42.8 Å². The number of aliphatic hydroxyl groups excluding tert-OH is 1. The molecule has 22 heavy (non-hydrogen) atoms. The van der Waals surface area contributed by atoms with Gasteiger partial charge in [0.2, 0.25) is 0 Å². The zero-order valence-corrected chi connectivity index (χ0v) is 12.2. The molecule has 1 unspecified atom stereocenters. The zero-order chi connectivity index (χ0) is 15.7. The third kappa shape index (κ3) is 2.72. The number of carbonyl (C=O) groups is 1. The average molecular weight is 302 g/mol. The molecule has 0 spiro atoms. The first-order chi connectivity index (χ1) is 10.6. The van der Waals surface area contributed by atoms with Gasteiger partial charge < -0.3 is 19.7 Å². The van der Waals surface area contributed by atoms with Crippen LogP contribution in [0.1, 0.15) is 17.3 Å². The third-order valence-corrected chi connectivity index (χ3v) is 4.19. The summed E-state index contributed by atoms with van der Waals surface area (Å²) in [6, 6.07) is 5.89. The molecule has 2 aliphatic rings. The number of carbonyl (C=O) groups excluding carboxylic acids is 1. The number of aliphatic hydroxyl groups is 1. The van der Waals surface area contributed by atoms with Crippen molar-refractivity contribution in [3.63, 3.8) is 0 Å². The Morgan fingerprint density at radius 3 is 2.77 bits per heavy atom. The number of phenols is 1. The lowest BCUT2D eigenvalue weighted by atomic mass is 9.85. The second kappa shape index (κ2) is 5.85. The monoisotopic (exact) mass is 302 g/mol. The van der Waals surface area contributed by atoms with E-state index in [0.717, 1.165) is 5.57 Å². The van der Waals surface area contributed by atoms with Crippen LogP contribution in [0.15, 0.2) is 48.3 Å². The Morgan fingerprint density at radius 2 is 2.05 bits per heavy atom. The fourth-order valence-electron chi connectivity index (χ4n) is 3.07. The standard InChI is InChI=1S/C17H18O5/c1-10-16-12(8-15(19)14(16)6-7-21-10)9-22-17(20)11-2-4-13(18)5-3-11/h2-8,10,14-16,18-19H,9H2,1H3/t10-,14-,15?,16+/m0/s1. The van der Waals surface area contributed by atoms with Crippen LogP contribution >= 0.6 is 0 Å². The Kier molecular flexibility index (Phi) is 3.90. The molecule has 2 N–H and O–H groups in total. The van der Waals surface area contributed by atoms with Crippen molar-refractivity contribution in [1.82, 2.24) is 0 Å². The highest BCUT2D eigenvalue weighted by Gasteiger charge is 2.41. The molecule has 5 heteroatoms. The van der Waals surface area contributed by atoms with E-state index in [9.17, 15) is 15.0 Å². The van der Waals surface area contributed by atoms with E-state index < -0.39 is 12.1 Å². The average Bonchev–Trinajstić information content (AvgIpc) is 2.83. The molecule has 5 nitrogen and oxygen atoms in total. The molecule has 0 amide bonds. The first-order valence-electron chi connectivity index (χ1n) is 7.23. The summed E-state index contributed by atoms with van der Waals surface area (Å²) in [6.45, 7) is 2.06. The first kappa shape index (κ1) is 14.7. The number of benzene rings is 1. The first-order valence-corrected chi connectivity index (χ1v) is 7.23. The van der Waals surface area contributed by atoms with Crippen LogP contribution in [0, 0.1) is 11.8 Å². The molecule has 0 aromatic heterocycles. The normalized spacial score (nSPS) is 29.5. The van der Waals surface area contributed by atoms with Crippen molar-refractivity contribution in [3.05, 3.63) is 53.8 Å². The zero-order valence-electron chi connectivity index (χ0n) is 12.2. The van der Waals surface area contributed by atoms with E-state index in [1.54, 1.807) is 12.3 Å². The van der Waals surface area contributed by atoms with Crippen LogP contribution in [0.3, 0.4) is 0 Å². The van der Waals surface area contributed by atoms with Crippen LogP contribution < -0.4 is 0 Å². The lowest BCUT2D eigenvalue weighted by Crippen LogP contribution is -2.32. The summed E-state index contributed by atoms with van der Waals surface area (Å²) < 4.78 is 10.8. The van der Waals surface area contributed by atoms with Crippen molar-refractivity contribution >= 4 is 5.97 Å². The molecule has 0 fully saturated rings. The van der Waals surface area contributed by atoms with Gasteiger partial charge in [0.05, 0.1) is 17.9 Å². The van der Waals surface area contributed by atoms with Gasteiger partial charge >= 0.3 is 5.97 Å². The summed E-state index contributed by atoms with van der Waals surface area (Å²) in [5.74, 6) is -0.363. The maximum atomic E-state index is 12.0. The molecule has 1 aliphatic heterocycles. The Bertz CT molecular complexity index is 616. The second-order valence-corrected chi connectivity index (χ2v) is 5.63. The van der Waals surface area contributed by atoms with Crippen molar-refractivity contribution in [3.8, 4) is 5.75 Å². The SMILES string of the molecule is C[C@@H]1OC=C[C@H]2C(O)C=C(COC(=O)c3ccc(O)cc3)[C@@H]12. The van der Waals surface area contributed by atoms with Crippen molar-refractivity contribution in [2.24, 2.45) is 11.8 Å². The van der Waals surface area contributed by atoms with E-state index in [4.69, 9.17) is 9.47 Å². The summed E-state index contributed by atoms with van der Waals surface area (Å²) in [6.07, 6.45) is 4.57. The molecular weight excluding hydrogens is 284 g/mol. The summed E-state index contributed by atoms with van der Waals surface area (Å²) in [4.78, 5) is 12.0. The molecule has 1 aromatic carbocycles. The van der Waals surface area contributed by atoms with Gasteiger partial charge in [-0.3, -0.25) is 0 Å². The van der Waals surface area contributed by atoms with Crippen LogP contribution in [-0.4, -0.2) is 35.0 Å². The van der Waals surface area contributed by atoms with Crippen LogP contribution in [-0.2, 0) is 9.47 Å². The number of esters is 1. The summed E-state index contributed by atoms with van der Waals surface area (Å²) in [7, 11) is 0. The van der Waals surface area contributed by atoms with E-state index in [-0.39, 0.29) is 30.3 Å². The number of ether oxygens (including phenoxy) is 2. The molecule has 1 aromatic rings. The smallest absolute Gasteiger partial charge is 0.338 e. The number of hydrogen-bond donors (Lipinski definition) is 2. The maximum absolute atomic E-state index is 12.0. The highest BCUT2D eigenvalue weighted by molar-refractivity contribution is 5.89. The molecule has 0 bridgehead atoms. The van der Waals surface area contributed by atoms with Gasteiger partial charge in [0, 0.05) is 11.8 Å². The van der Waals surface area contributed by atoms with Crippen LogP contribution in [0.5, 0.6) is 5.75 Å². The molecule has 0 saturated heterocycles. The molecule has 1 aliphatic carbocycles. The predicted molar refractivity (Wildman–Crippen MR) is 79.1 cm³/mol. The molecule has 0 saturated carbocycles. The lowest BCUT2D eigenvalue weighted by molar-refractivity contribution is 0.0396. The number of aromatic hydroxyl groups is 1. The summed E-state index contributed by atoms with van der Waals surface area (Å²) in [5.41, 5.74) is 1.25. The fourth-order valence-corrected chi connectivity index (χ4v) is 3.07. The molecule has 1 heterocycles. The molecule has 4 atom stereocenters. The molecule has 116 valence electrons. The highest BCUT2D eigenvalue weighted by atomic mass is 16.5. The molecule has 0 radical (unpaired) electrons. The topological polar surface area (TPSA) is 76.0 Å². The van der Waals surface area contributed by atoms with Gasteiger partial charge in [-0.25, -0.2) is 4.79 Å². The predicted octanol–water partition coefficient (Wildman–Crippen LogP) is 2.01. The van der Waals surface area contributed by atoms with E-state index in [2.05, 4.69) is 0 Å². The molecular formula is C17H18O5. The van der Waals surface area contributed by atoms with Gasteiger partial charge in [0.15, 0.2) is 0 Å². The highest BCUT2D eigenvalue weighted by Crippen LogP contribution is 2.39. The van der Waals surface area contributed by atoms with Gasteiger partial charge in [0.25, 0.3) is 0 Å². The third-order valence-electron chi connectivity index (χ3n) is 4.19. The second-order valence-electron chi connectivity index (χ2n) is 5.63. The summed E-state index contributed by atoms with van der Waals surface area (Å²) in [5, 5.41) is 19.3. The van der Waals surface area contributed by atoms with Crippen molar-refractivity contribution < 1.29 is 24.5 Å². The Morgan fingerprint density at radius 1 is 1.32 bits per heavy atom. The van der Waals surface area contributed by atoms with Gasteiger partial charge in [-0.15, -0.1) is 0 Å².